The Morgan fingerprint density at radius 2 is 2.33 bits per heavy atom. The second kappa shape index (κ2) is 3.56. The molecule has 1 aromatic rings. The summed E-state index contributed by atoms with van der Waals surface area (Å²) in [6.07, 6.45) is 3.03. The first-order chi connectivity index (χ1) is 5.70. The quantitative estimate of drug-likeness (QED) is 0.373. The lowest BCUT2D eigenvalue weighted by molar-refractivity contribution is 0.558. The van der Waals surface area contributed by atoms with E-state index in [0.717, 1.165) is 5.56 Å². The maximum Gasteiger partial charge on any atom is 0.211 e. The number of hydrogen-bond donors (Lipinski definition) is 2. The Bertz CT molecular complexity index is 309. The van der Waals surface area contributed by atoms with Crippen molar-refractivity contribution in [1.29, 1.82) is 0 Å². The molecule has 1 aromatic heterocycles. The Morgan fingerprint density at radius 3 is 2.83 bits per heavy atom. The van der Waals surface area contributed by atoms with Crippen LogP contribution in [-0.2, 0) is 0 Å². The molecule has 0 aliphatic rings. The largest absolute Gasteiger partial charge is 0.463 e. The highest BCUT2D eigenvalue weighted by Crippen LogP contribution is 2.04. The van der Waals surface area contributed by atoms with Crippen LogP contribution in [0.3, 0.4) is 0 Å². The fourth-order valence-corrected chi connectivity index (χ4v) is 0.665. The van der Waals surface area contributed by atoms with Gasteiger partial charge >= 0.3 is 0 Å². The summed E-state index contributed by atoms with van der Waals surface area (Å²) >= 11 is 0. The van der Waals surface area contributed by atoms with E-state index in [-0.39, 0.29) is 5.96 Å². The van der Waals surface area contributed by atoms with Crippen LogP contribution in [0.25, 0.3) is 0 Å². The minimum Gasteiger partial charge on any atom is -0.463 e. The van der Waals surface area contributed by atoms with Crippen LogP contribution in [0.1, 0.15) is 11.3 Å². The van der Waals surface area contributed by atoms with E-state index in [1.165, 1.54) is 6.21 Å². The molecule has 0 spiro atoms. The molecule has 5 nitrogen and oxygen atoms in total. The fourth-order valence-electron chi connectivity index (χ4n) is 0.665. The molecule has 12 heavy (non-hydrogen) atoms. The average Bonchev–Trinajstić information content (AvgIpc) is 2.36. The summed E-state index contributed by atoms with van der Waals surface area (Å²) in [4.78, 5) is 0. The molecule has 0 radical (unpaired) electrons. The lowest BCUT2D eigenvalue weighted by Gasteiger charge is -1.85. The zero-order chi connectivity index (χ0) is 8.97. The fraction of sp³-hybridized carbons (Fsp3) is 0.143. The van der Waals surface area contributed by atoms with Crippen LogP contribution in [0.4, 0.5) is 0 Å². The molecule has 5 heteroatoms. The van der Waals surface area contributed by atoms with E-state index in [4.69, 9.17) is 15.9 Å². The van der Waals surface area contributed by atoms with Gasteiger partial charge in [-0.25, -0.2) is 0 Å². The maximum atomic E-state index is 5.05. The highest BCUT2D eigenvalue weighted by Gasteiger charge is 1.95. The van der Waals surface area contributed by atoms with E-state index < -0.39 is 0 Å². The highest BCUT2D eigenvalue weighted by atomic mass is 16.3. The summed E-state index contributed by atoms with van der Waals surface area (Å²) in [6.45, 7) is 1.90. The van der Waals surface area contributed by atoms with Gasteiger partial charge in [0.1, 0.15) is 5.76 Å². The number of guanidine groups is 1. The normalized spacial score (nSPS) is 10.4. The summed E-state index contributed by atoms with van der Waals surface area (Å²) in [5, 5.41) is 7.02. The molecule has 0 aromatic carbocycles. The maximum absolute atomic E-state index is 5.05. The second-order valence-electron chi connectivity index (χ2n) is 2.24. The van der Waals surface area contributed by atoms with E-state index in [1.54, 1.807) is 6.26 Å². The number of nitrogens with two attached hydrogens (primary N) is 2. The second-order valence-corrected chi connectivity index (χ2v) is 2.24. The molecule has 1 rings (SSSR count). The molecule has 0 fully saturated rings. The van der Waals surface area contributed by atoms with Crippen molar-refractivity contribution in [2.45, 2.75) is 6.92 Å². The molecule has 64 valence electrons. The SMILES string of the molecule is Cc1ccoc1/C=N/N=C(N)N. The topological polar surface area (TPSA) is 89.9 Å². The smallest absolute Gasteiger partial charge is 0.211 e. The first-order valence-electron chi connectivity index (χ1n) is 3.36. The minimum atomic E-state index is -0.0736. The van der Waals surface area contributed by atoms with Gasteiger partial charge in [-0.1, -0.05) is 0 Å². The highest BCUT2D eigenvalue weighted by molar-refractivity contribution is 5.80. The van der Waals surface area contributed by atoms with Crippen molar-refractivity contribution in [3.63, 3.8) is 0 Å². The van der Waals surface area contributed by atoms with Crippen molar-refractivity contribution in [3.05, 3.63) is 23.7 Å². The molecule has 0 saturated heterocycles. The van der Waals surface area contributed by atoms with Gasteiger partial charge in [-0.15, -0.1) is 5.10 Å². The number of hydrogen-bond acceptors (Lipinski definition) is 3. The molecular formula is C7H10N4O. The third-order valence-electron chi connectivity index (χ3n) is 1.25. The Labute approximate surface area is 69.8 Å². The molecular weight excluding hydrogens is 156 g/mol. The summed E-state index contributed by atoms with van der Waals surface area (Å²) in [5.41, 5.74) is 11.1. The summed E-state index contributed by atoms with van der Waals surface area (Å²) < 4.78 is 5.05. The zero-order valence-electron chi connectivity index (χ0n) is 6.69. The minimum absolute atomic E-state index is 0.0736. The Morgan fingerprint density at radius 1 is 1.58 bits per heavy atom. The van der Waals surface area contributed by atoms with Crippen LogP contribution in [0.5, 0.6) is 0 Å². The van der Waals surface area contributed by atoms with Crippen LogP contribution in [0.15, 0.2) is 26.9 Å². The van der Waals surface area contributed by atoms with E-state index in [2.05, 4.69) is 10.2 Å². The summed E-state index contributed by atoms with van der Waals surface area (Å²) in [7, 11) is 0. The third kappa shape index (κ3) is 2.12. The van der Waals surface area contributed by atoms with Gasteiger partial charge in [-0.2, -0.15) is 5.10 Å². The Balaban J connectivity index is 2.70. The van der Waals surface area contributed by atoms with Gasteiger partial charge in [0.25, 0.3) is 0 Å². The first-order valence-corrected chi connectivity index (χ1v) is 3.36. The van der Waals surface area contributed by atoms with Gasteiger partial charge in [-0.05, 0) is 18.6 Å². The molecule has 0 atom stereocenters. The van der Waals surface area contributed by atoms with Gasteiger partial charge < -0.3 is 15.9 Å². The van der Waals surface area contributed by atoms with Crippen LogP contribution < -0.4 is 11.5 Å². The van der Waals surface area contributed by atoms with Crippen LogP contribution in [0, 0.1) is 6.92 Å². The monoisotopic (exact) mass is 166 g/mol. The average molecular weight is 166 g/mol. The van der Waals surface area contributed by atoms with Gasteiger partial charge in [0.2, 0.25) is 5.96 Å². The third-order valence-corrected chi connectivity index (χ3v) is 1.25. The van der Waals surface area contributed by atoms with E-state index in [1.807, 2.05) is 13.0 Å². The van der Waals surface area contributed by atoms with Crippen molar-refractivity contribution in [3.8, 4) is 0 Å². The molecule has 0 saturated carbocycles. The van der Waals surface area contributed by atoms with Crippen LogP contribution >= 0.6 is 0 Å². The standard InChI is InChI=1S/C7H10N4O/c1-5-2-3-12-6(5)4-10-11-7(8)9/h2-4H,1H3,(H4,8,9,11)/b10-4+. The lowest BCUT2D eigenvalue weighted by Crippen LogP contribution is -2.21. The van der Waals surface area contributed by atoms with E-state index in [0.29, 0.717) is 5.76 Å². The predicted octanol–water partition coefficient (Wildman–Crippen LogP) is 0.195. The van der Waals surface area contributed by atoms with Gasteiger partial charge in [0.15, 0.2) is 0 Å². The molecule has 4 N–H and O–H groups in total. The van der Waals surface area contributed by atoms with E-state index in [9.17, 15) is 0 Å². The summed E-state index contributed by atoms with van der Waals surface area (Å²) in [5.74, 6) is 0.579. The molecule has 1 heterocycles. The van der Waals surface area contributed by atoms with Gasteiger partial charge in [-0.3, -0.25) is 0 Å². The Kier molecular flexibility index (Phi) is 2.47. The Hall–Kier alpha value is -1.78. The van der Waals surface area contributed by atoms with Crippen molar-refractivity contribution in [2.24, 2.45) is 21.7 Å². The zero-order valence-corrected chi connectivity index (χ0v) is 6.69. The van der Waals surface area contributed by atoms with Crippen molar-refractivity contribution in [1.82, 2.24) is 0 Å². The van der Waals surface area contributed by atoms with Crippen LogP contribution in [0.2, 0.25) is 0 Å². The van der Waals surface area contributed by atoms with E-state index >= 15 is 0 Å². The number of rotatable bonds is 2. The van der Waals surface area contributed by atoms with Crippen molar-refractivity contribution >= 4 is 12.2 Å². The molecule has 0 aliphatic heterocycles. The lowest BCUT2D eigenvalue weighted by atomic mass is 10.3. The van der Waals surface area contributed by atoms with Crippen molar-refractivity contribution in [2.75, 3.05) is 0 Å². The number of furan rings is 1. The van der Waals surface area contributed by atoms with Crippen LogP contribution in [-0.4, -0.2) is 12.2 Å². The summed E-state index contributed by atoms with van der Waals surface area (Å²) in [6, 6.07) is 1.83. The molecule has 0 unspecified atom stereocenters. The molecule has 0 aliphatic carbocycles. The molecule has 0 bridgehead atoms. The predicted molar refractivity (Wildman–Crippen MR) is 46.8 cm³/mol. The number of aryl methyl sites for hydroxylation is 1. The van der Waals surface area contributed by atoms with Gasteiger partial charge in [0.05, 0.1) is 12.5 Å². The molecule has 0 amide bonds. The number of nitrogens with zero attached hydrogens (tertiary/aromatic N) is 2. The first kappa shape index (κ1) is 8.32. The van der Waals surface area contributed by atoms with Gasteiger partial charge in [0, 0.05) is 0 Å². The van der Waals surface area contributed by atoms with Crippen molar-refractivity contribution < 1.29 is 4.42 Å².